The Morgan fingerprint density at radius 3 is 0.969 bits per heavy atom. The standard InChI is InChI=1S/C77H130O17P2/c1-5-9-13-17-21-25-29-32-34-35-37-39-43-46-50-54-58-62-75(80)88-68-73(94-77(82)64-60-56-52-48-44-40-36-33-30-26-22-18-14-10-6-2)70-92-96(85,86)90-66-71(78)65-89-95(83,84)91-69-72(93-76(81)63-59-55-51-47-41-28-24-20-16-12-8-4)67-87-74(79)61-57-53-49-45-42-38-31-27-23-19-15-11-7-3/h9-10,13-14,20-22,24-27,31-34,36,44,48,56,60,71-73,78H,5-8,11-12,15-19,23,28-30,35,37-43,45-47,49-55,57-59,61-70H2,1-4H3,(H,83,84)(H,85,86)/b13-9-,14-10-,24-20-,25-21-,26-22-,31-27-,34-32-,36-33-,48-44-,60-56-. The Morgan fingerprint density at radius 1 is 0.312 bits per heavy atom. The molecule has 19 heteroatoms. The Kier molecular flexibility index (Phi) is 65.7. The Bertz CT molecular complexity index is 2300. The monoisotopic (exact) mass is 1390 g/mol. The van der Waals surface area contributed by atoms with Crippen molar-refractivity contribution < 1.29 is 80.2 Å². The van der Waals surface area contributed by atoms with Crippen molar-refractivity contribution in [1.29, 1.82) is 0 Å². The summed E-state index contributed by atoms with van der Waals surface area (Å²) < 4.78 is 68.2. The summed E-state index contributed by atoms with van der Waals surface area (Å²) in [4.78, 5) is 72.6. The number of rotatable bonds is 68. The number of carbonyl (C=O) groups is 4. The fourth-order valence-electron chi connectivity index (χ4n) is 9.34. The quantitative estimate of drug-likeness (QED) is 0.0169. The van der Waals surface area contributed by atoms with Crippen molar-refractivity contribution in [3.8, 4) is 0 Å². The van der Waals surface area contributed by atoms with Gasteiger partial charge in [-0.25, -0.2) is 9.13 Å². The van der Waals surface area contributed by atoms with Crippen LogP contribution in [0.2, 0.25) is 0 Å². The molecule has 0 saturated carbocycles. The number of phosphoric acid groups is 2. The first-order chi connectivity index (χ1) is 46.7. The van der Waals surface area contributed by atoms with Gasteiger partial charge in [-0.05, 0) is 128 Å². The number of carbonyl (C=O) groups excluding carboxylic acids is 4. The molecule has 5 atom stereocenters. The Labute approximate surface area is 581 Å². The van der Waals surface area contributed by atoms with Gasteiger partial charge < -0.3 is 33.8 Å². The van der Waals surface area contributed by atoms with Crippen LogP contribution in [0.15, 0.2) is 122 Å². The largest absolute Gasteiger partial charge is 0.472 e. The van der Waals surface area contributed by atoms with Crippen LogP contribution in [0.1, 0.15) is 285 Å². The fourth-order valence-corrected chi connectivity index (χ4v) is 10.9. The van der Waals surface area contributed by atoms with Crippen LogP contribution < -0.4 is 0 Å². The van der Waals surface area contributed by atoms with Gasteiger partial charge >= 0.3 is 39.5 Å². The fraction of sp³-hybridized carbons (Fsp3) is 0.688. The lowest BCUT2D eigenvalue weighted by Gasteiger charge is -2.21. The maximum atomic E-state index is 13.0. The van der Waals surface area contributed by atoms with E-state index in [2.05, 4.69) is 125 Å². The predicted molar refractivity (Wildman–Crippen MR) is 390 cm³/mol. The lowest BCUT2D eigenvalue weighted by molar-refractivity contribution is -0.161. The van der Waals surface area contributed by atoms with Gasteiger partial charge in [-0.3, -0.25) is 37.3 Å². The van der Waals surface area contributed by atoms with Crippen LogP contribution in [-0.2, 0) is 65.4 Å². The van der Waals surface area contributed by atoms with Crippen molar-refractivity contribution in [2.75, 3.05) is 39.6 Å². The number of esters is 4. The van der Waals surface area contributed by atoms with Crippen LogP contribution in [0, 0.1) is 0 Å². The van der Waals surface area contributed by atoms with E-state index in [1.165, 1.54) is 38.5 Å². The summed E-state index contributed by atoms with van der Waals surface area (Å²) in [5, 5.41) is 10.6. The molecule has 0 aliphatic carbocycles. The van der Waals surface area contributed by atoms with Crippen LogP contribution in [0.25, 0.3) is 0 Å². The second-order valence-electron chi connectivity index (χ2n) is 24.1. The zero-order chi connectivity index (χ0) is 70.4. The van der Waals surface area contributed by atoms with Gasteiger partial charge in [0.2, 0.25) is 0 Å². The minimum absolute atomic E-state index is 0.0792. The summed E-state index contributed by atoms with van der Waals surface area (Å²) in [6, 6.07) is 0. The van der Waals surface area contributed by atoms with Gasteiger partial charge in [0.25, 0.3) is 0 Å². The molecule has 0 aromatic heterocycles. The number of phosphoric ester groups is 2. The van der Waals surface area contributed by atoms with Crippen molar-refractivity contribution in [1.82, 2.24) is 0 Å². The summed E-state index contributed by atoms with van der Waals surface area (Å²) >= 11 is 0. The molecular weight excluding hydrogens is 1260 g/mol. The third-order valence-electron chi connectivity index (χ3n) is 14.9. The molecule has 3 N–H and O–H groups in total. The average molecular weight is 1390 g/mol. The number of unbranched alkanes of at least 4 members (excludes halogenated alkanes) is 23. The Hall–Kier alpha value is -4.54. The molecule has 0 aliphatic rings. The second kappa shape index (κ2) is 69.0. The summed E-state index contributed by atoms with van der Waals surface area (Å²) in [6.45, 7) is 4.43. The van der Waals surface area contributed by atoms with Crippen molar-refractivity contribution in [3.63, 3.8) is 0 Å². The number of aliphatic hydroxyl groups is 1. The van der Waals surface area contributed by atoms with E-state index in [-0.39, 0.29) is 25.7 Å². The molecule has 0 radical (unpaired) electrons. The molecule has 0 bridgehead atoms. The maximum Gasteiger partial charge on any atom is 0.472 e. The molecule has 5 unspecified atom stereocenters. The number of aliphatic hydroxyl groups excluding tert-OH is 1. The molecule has 0 aliphatic heterocycles. The number of hydrogen-bond acceptors (Lipinski definition) is 15. The van der Waals surface area contributed by atoms with E-state index in [1.54, 1.807) is 12.2 Å². The first-order valence-corrected chi connectivity index (χ1v) is 39.8. The zero-order valence-electron chi connectivity index (χ0n) is 59.8. The first kappa shape index (κ1) is 91.5. The minimum Gasteiger partial charge on any atom is -0.462 e. The van der Waals surface area contributed by atoms with Gasteiger partial charge in [0, 0.05) is 19.3 Å². The van der Waals surface area contributed by atoms with Crippen LogP contribution in [0.3, 0.4) is 0 Å². The lowest BCUT2D eigenvalue weighted by atomic mass is 10.1. The van der Waals surface area contributed by atoms with E-state index in [0.717, 1.165) is 167 Å². The molecule has 96 heavy (non-hydrogen) atoms. The molecule has 0 aromatic rings. The molecule has 0 rings (SSSR count). The van der Waals surface area contributed by atoms with Gasteiger partial charge in [-0.1, -0.05) is 252 Å². The molecule has 0 amide bonds. The van der Waals surface area contributed by atoms with Crippen LogP contribution in [0.5, 0.6) is 0 Å². The number of ether oxygens (including phenoxy) is 4. The number of allylic oxidation sites excluding steroid dienone is 19. The average Bonchev–Trinajstić information content (AvgIpc) is 2.14. The first-order valence-electron chi connectivity index (χ1n) is 36.8. The molecular formula is C77H130O17P2. The van der Waals surface area contributed by atoms with Crippen molar-refractivity contribution in [2.45, 2.75) is 303 Å². The second-order valence-corrected chi connectivity index (χ2v) is 27.0. The molecule has 0 saturated heterocycles. The van der Waals surface area contributed by atoms with E-state index in [4.69, 9.17) is 37.0 Å². The van der Waals surface area contributed by atoms with Gasteiger partial charge in [0.05, 0.1) is 32.8 Å². The van der Waals surface area contributed by atoms with Gasteiger partial charge in [0.1, 0.15) is 19.3 Å². The summed E-state index contributed by atoms with van der Waals surface area (Å²) in [7, 11) is -9.98. The highest BCUT2D eigenvalue weighted by Crippen LogP contribution is 2.45. The van der Waals surface area contributed by atoms with Crippen molar-refractivity contribution in [2.24, 2.45) is 0 Å². The Morgan fingerprint density at radius 2 is 0.594 bits per heavy atom. The molecule has 17 nitrogen and oxygen atoms in total. The zero-order valence-corrected chi connectivity index (χ0v) is 61.5. The van der Waals surface area contributed by atoms with Gasteiger partial charge in [0.15, 0.2) is 12.2 Å². The summed E-state index contributed by atoms with van der Waals surface area (Å²) in [6.07, 6.45) is 73.8. The molecule has 0 aromatic carbocycles. The van der Waals surface area contributed by atoms with Crippen LogP contribution in [0.4, 0.5) is 0 Å². The van der Waals surface area contributed by atoms with E-state index in [0.29, 0.717) is 25.7 Å². The minimum atomic E-state index is -5.00. The molecule has 0 heterocycles. The van der Waals surface area contributed by atoms with Crippen molar-refractivity contribution >= 4 is 39.5 Å². The van der Waals surface area contributed by atoms with Gasteiger partial charge in [-0.2, -0.15) is 0 Å². The molecule has 0 spiro atoms. The molecule has 0 fully saturated rings. The van der Waals surface area contributed by atoms with Crippen molar-refractivity contribution in [3.05, 3.63) is 122 Å². The van der Waals surface area contributed by atoms with Crippen LogP contribution in [-0.4, -0.2) is 96.7 Å². The highest BCUT2D eigenvalue weighted by atomic mass is 31.2. The Balaban J connectivity index is 5.41. The third-order valence-corrected chi connectivity index (χ3v) is 16.8. The topological polar surface area (TPSA) is 237 Å². The van der Waals surface area contributed by atoms with Gasteiger partial charge in [-0.15, -0.1) is 0 Å². The lowest BCUT2D eigenvalue weighted by Crippen LogP contribution is -2.30. The van der Waals surface area contributed by atoms with E-state index in [1.807, 2.05) is 12.2 Å². The van der Waals surface area contributed by atoms with Crippen LogP contribution >= 0.6 is 15.6 Å². The summed E-state index contributed by atoms with van der Waals surface area (Å²) in [5.74, 6) is -2.36. The molecule has 550 valence electrons. The highest BCUT2D eigenvalue weighted by Gasteiger charge is 2.30. The SMILES string of the molecule is CC/C=C\C/C=C\C/C=C\C/C=C\C/C=C\CC(=O)OC(COC(=O)CCCCCCCCC/C=C\C/C=C\C/C=C\CC)COP(=O)(O)OCC(O)COP(=O)(O)OCC(COC(=O)CCCCCCC/C=C\CCCCCC)OC(=O)CCCCCCC/C=C\CCCC. The third kappa shape index (κ3) is 68.0. The normalized spacial score (nSPS) is 14.7. The summed E-state index contributed by atoms with van der Waals surface area (Å²) in [5.41, 5.74) is 0. The maximum absolute atomic E-state index is 13.0. The smallest absolute Gasteiger partial charge is 0.462 e. The van der Waals surface area contributed by atoms with E-state index >= 15 is 0 Å². The van der Waals surface area contributed by atoms with E-state index < -0.39 is 97.5 Å². The number of hydrogen-bond donors (Lipinski definition) is 3. The predicted octanol–water partition coefficient (Wildman–Crippen LogP) is 20.8. The van der Waals surface area contributed by atoms with E-state index in [9.17, 15) is 43.2 Å². The highest BCUT2D eigenvalue weighted by molar-refractivity contribution is 7.47.